The van der Waals surface area contributed by atoms with Crippen LogP contribution in [0.5, 0.6) is 0 Å². The molecule has 0 aliphatic carbocycles. The van der Waals surface area contributed by atoms with Crippen molar-refractivity contribution in [3.63, 3.8) is 0 Å². The van der Waals surface area contributed by atoms with E-state index in [1.54, 1.807) is 7.05 Å². The summed E-state index contributed by atoms with van der Waals surface area (Å²) in [6, 6.07) is 8.36. The molecule has 0 radical (unpaired) electrons. The largest absolute Gasteiger partial charge is 0.481 e. The highest BCUT2D eigenvalue weighted by atomic mass is 16.4. The average molecular weight is 291 g/mol. The van der Waals surface area contributed by atoms with Gasteiger partial charge >= 0.3 is 5.97 Å². The second-order valence-corrected chi connectivity index (χ2v) is 5.89. The zero-order valence-corrected chi connectivity index (χ0v) is 13.3. The van der Waals surface area contributed by atoms with Crippen molar-refractivity contribution < 1.29 is 14.7 Å². The fourth-order valence-corrected chi connectivity index (χ4v) is 2.13. The van der Waals surface area contributed by atoms with Crippen molar-refractivity contribution >= 4 is 11.9 Å². The number of amides is 1. The van der Waals surface area contributed by atoms with Crippen LogP contribution in [0.3, 0.4) is 0 Å². The highest BCUT2D eigenvalue weighted by Gasteiger charge is 2.15. The van der Waals surface area contributed by atoms with Crippen LogP contribution < -0.4 is 0 Å². The van der Waals surface area contributed by atoms with E-state index in [0.29, 0.717) is 12.3 Å². The first-order chi connectivity index (χ1) is 9.81. The maximum Gasteiger partial charge on any atom is 0.305 e. The molecule has 1 atom stereocenters. The Balaban J connectivity index is 2.57. The molecule has 4 heteroatoms. The van der Waals surface area contributed by atoms with Crippen molar-refractivity contribution in [3.8, 4) is 0 Å². The van der Waals surface area contributed by atoms with Crippen LogP contribution in [0, 0.1) is 0 Å². The van der Waals surface area contributed by atoms with Gasteiger partial charge in [0.25, 0.3) is 0 Å². The quantitative estimate of drug-likeness (QED) is 0.839. The molecule has 1 N–H and O–H groups in total. The lowest BCUT2D eigenvalue weighted by Crippen LogP contribution is -2.29. The van der Waals surface area contributed by atoms with E-state index in [0.717, 1.165) is 5.56 Å². The molecule has 21 heavy (non-hydrogen) atoms. The van der Waals surface area contributed by atoms with Crippen LogP contribution >= 0.6 is 0 Å². The lowest BCUT2D eigenvalue weighted by atomic mass is 9.94. The van der Waals surface area contributed by atoms with Gasteiger partial charge in [-0.3, -0.25) is 9.59 Å². The van der Waals surface area contributed by atoms with E-state index in [2.05, 4.69) is 38.1 Å². The number of carboxylic acids is 1. The summed E-state index contributed by atoms with van der Waals surface area (Å²) in [5.74, 6) is -0.271. The molecule has 0 aromatic heterocycles. The number of hydrogen-bond donors (Lipinski definition) is 1. The highest BCUT2D eigenvalue weighted by molar-refractivity contribution is 5.77. The Kier molecular flexibility index (Phi) is 6.40. The molecule has 116 valence electrons. The van der Waals surface area contributed by atoms with Gasteiger partial charge in [-0.05, 0) is 23.0 Å². The minimum Gasteiger partial charge on any atom is -0.481 e. The van der Waals surface area contributed by atoms with Gasteiger partial charge in [0.15, 0.2) is 0 Å². The number of hydrogen-bond acceptors (Lipinski definition) is 2. The summed E-state index contributed by atoms with van der Waals surface area (Å²) in [6.07, 6.45) is 0.386. The predicted octanol–water partition coefficient (Wildman–Crippen LogP) is 3.24. The Morgan fingerprint density at radius 3 is 2.10 bits per heavy atom. The molecule has 0 aliphatic heterocycles. The Labute approximate surface area is 126 Å². The van der Waals surface area contributed by atoms with E-state index in [1.807, 2.05) is 6.92 Å². The summed E-state index contributed by atoms with van der Waals surface area (Å²) in [6.45, 7) is 6.58. The van der Waals surface area contributed by atoms with Crippen molar-refractivity contribution in [3.05, 3.63) is 35.4 Å². The Bertz CT molecular complexity index is 479. The van der Waals surface area contributed by atoms with Gasteiger partial charge in [0.2, 0.25) is 5.91 Å². The van der Waals surface area contributed by atoms with Gasteiger partial charge in [-0.25, -0.2) is 0 Å². The second-order valence-electron chi connectivity index (χ2n) is 5.89. The van der Waals surface area contributed by atoms with Gasteiger partial charge in [0, 0.05) is 20.0 Å². The van der Waals surface area contributed by atoms with E-state index in [9.17, 15) is 9.59 Å². The molecule has 1 aromatic carbocycles. The standard InChI is InChI=1S/C17H25NO3/c1-12(2)14-5-7-15(8-6-14)13(3)11-16(19)18(4)10-9-17(20)21/h5-8,12-13H,9-11H2,1-4H3,(H,20,21). The van der Waals surface area contributed by atoms with E-state index in [-0.39, 0.29) is 24.8 Å². The second kappa shape index (κ2) is 7.81. The lowest BCUT2D eigenvalue weighted by molar-refractivity contribution is -0.138. The van der Waals surface area contributed by atoms with Gasteiger partial charge < -0.3 is 10.0 Å². The third-order valence-corrected chi connectivity index (χ3v) is 3.74. The lowest BCUT2D eigenvalue weighted by Gasteiger charge is -2.19. The summed E-state index contributed by atoms with van der Waals surface area (Å²) >= 11 is 0. The number of carbonyl (C=O) groups excluding carboxylic acids is 1. The topological polar surface area (TPSA) is 57.6 Å². The van der Waals surface area contributed by atoms with Gasteiger partial charge in [0.1, 0.15) is 0 Å². The first-order valence-electron chi connectivity index (χ1n) is 7.37. The third kappa shape index (κ3) is 5.58. The monoisotopic (exact) mass is 291 g/mol. The first kappa shape index (κ1) is 17.2. The average Bonchev–Trinajstić information content (AvgIpc) is 2.44. The Hall–Kier alpha value is -1.84. The van der Waals surface area contributed by atoms with Gasteiger partial charge in [-0.1, -0.05) is 45.0 Å². The molecule has 1 amide bonds. The van der Waals surface area contributed by atoms with Crippen molar-refractivity contribution in [1.29, 1.82) is 0 Å². The van der Waals surface area contributed by atoms with Crippen LogP contribution in [0.1, 0.15) is 56.6 Å². The Morgan fingerprint density at radius 1 is 1.10 bits per heavy atom. The number of carboxylic acid groups (broad SMARTS) is 1. The summed E-state index contributed by atoms with van der Waals surface area (Å²) < 4.78 is 0. The first-order valence-corrected chi connectivity index (χ1v) is 7.37. The molecule has 0 heterocycles. The maximum atomic E-state index is 12.0. The molecule has 1 unspecified atom stereocenters. The third-order valence-electron chi connectivity index (χ3n) is 3.74. The van der Waals surface area contributed by atoms with Crippen LogP contribution in [0.15, 0.2) is 24.3 Å². The molecule has 4 nitrogen and oxygen atoms in total. The van der Waals surface area contributed by atoms with E-state index < -0.39 is 5.97 Å². The number of aliphatic carboxylic acids is 1. The number of benzene rings is 1. The molecule has 0 aliphatic rings. The Morgan fingerprint density at radius 2 is 1.62 bits per heavy atom. The smallest absolute Gasteiger partial charge is 0.305 e. The van der Waals surface area contributed by atoms with Crippen LogP contribution in [0.4, 0.5) is 0 Å². The molecule has 0 bridgehead atoms. The summed E-state index contributed by atoms with van der Waals surface area (Å²) in [4.78, 5) is 24.1. The minimum atomic E-state index is -0.882. The van der Waals surface area contributed by atoms with Gasteiger partial charge in [-0.15, -0.1) is 0 Å². The molecule has 1 rings (SSSR count). The molecular weight excluding hydrogens is 266 g/mol. The number of rotatable bonds is 7. The normalized spacial score (nSPS) is 12.2. The molecule has 0 spiro atoms. The van der Waals surface area contributed by atoms with Gasteiger partial charge in [0.05, 0.1) is 6.42 Å². The van der Waals surface area contributed by atoms with E-state index in [1.165, 1.54) is 10.5 Å². The van der Waals surface area contributed by atoms with Crippen LogP contribution in [-0.4, -0.2) is 35.5 Å². The maximum absolute atomic E-state index is 12.0. The predicted molar refractivity (Wildman–Crippen MR) is 83.5 cm³/mol. The minimum absolute atomic E-state index is 0.0142. The molecule has 0 saturated carbocycles. The highest BCUT2D eigenvalue weighted by Crippen LogP contribution is 2.22. The van der Waals surface area contributed by atoms with Crippen molar-refractivity contribution in [1.82, 2.24) is 4.90 Å². The van der Waals surface area contributed by atoms with Crippen LogP contribution in [-0.2, 0) is 9.59 Å². The van der Waals surface area contributed by atoms with E-state index >= 15 is 0 Å². The summed E-state index contributed by atoms with van der Waals surface area (Å²) in [7, 11) is 1.65. The summed E-state index contributed by atoms with van der Waals surface area (Å²) in [5.41, 5.74) is 2.43. The molecular formula is C17H25NO3. The SMILES string of the molecule is CC(C)c1ccc(C(C)CC(=O)N(C)CCC(=O)O)cc1. The van der Waals surface area contributed by atoms with Crippen molar-refractivity contribution in [2.24, 2.45) is 0 Å². The summed E-state index contributed by atoms with van der Waals surface area (Å²) in [5, 5.41) is 8.64. The van der Waals surface area contributed by atoms with Crippen molar-refractivity contribution in [2.45, 2.75) is 45.4 Å². The zero-order valence-electron chi connectivity index (χ0n) is 13.3. The molecule has 1 aromatic rings. The zero-order chi connectivity index (χ0) is 16.0. The van der Waals surface area contributed by atoms with E-state index in [4.69, 9.17) is 5.11 Å². The van der Waals surface area contributed by atoms with Crippen molar-refractivity contribution in [2.75, 3.05) is 13.6 Å². The fraction of sp³-hybridized carbons (Fsp3) is 0.529. The fourth-order valence-electron chi connectivity index (χ4n) is 2.13. The van der Waals surface area contributed by atoms with Crippen LogP contribution in [0.2, 0.25) is 0 Å². The van der Waals surface area contributed by atoms with Crippen LogP contribution in [0.25, 0.3) is 0 Å². The molecule has 0 saturated heterocycles. The van der Waals surface area contributed by atoms with Gasteiger partial charge in [-0.2, -0.15) is 0 Å². The number of carbonyl (C=O) groups is 2. The molecule has 0 fully saturated rings. The number of nitrogens with zero attached hydrogens (tertiary/aromatic N) is 1.